The maximum absolute atomic E-state index is 13.9. The zero-order valence-corrected chi connectivity index (χ0v) is 17.3. The van der Waals surface area contributed by atoms with E-state index in [0.717, 1.165) is 12.8 Å². The van der Waals surface area contributed by atoms with Crippen LogP contribution in [0.4, 0.5) is 4.39 Å². The van der Waals surface area contributed by atoms with Crippen molar-refractivity contribution in [2.24, 2.45) is 0 Å². The van der Waals surface area contributed by atoms with Crippen LogP contribution in [0.5, 0.6) is 0 Å². The molecule has 30 heavy (non-hydrogen) atoms. The van der Waals surface area contributed by atoms with Gasteiger partial charge in [-0.15, -0.1) is 0 Å². The minimum Gasteiger partial charge on any atom is -0.375 e. The molecule has 0 saturated carbocycles. The number of carbonyl (C=O) groups is 2. The number of hydrogen-bond donors (Lipinski definition) is 0. The first-order valence-corrected chi connectivity index (χ1v) is 10.1. The maximum atomic E-state index is 13.9. The first kappa shape index (κ1) is 21.9. The number of aromatic nitrogens is 2. The summed E-state index contributed by atoms with van der Waals surface area (Å²) >= 11 is 0. The Bertz CT molecular complexity index is 872. The third-order valence-electron chi connectivity index (χ3n) is 5.25. The SMILES string of the molecule is COCc1nc(CCN(C(C)=O)C2CCCN(C(=O)Cc3ccccc3F)C2)no1. The van der Waals surface area contributed by atoms with Gasteiger partial charge in [0.1, 0.15) is 12.4 Å². The Labute approximate surface area is 175 Å². The van der Waals surface area contributed by atoms with Crippen molar-refractivity contribution in [3.05, 3.63) is 47.4 Å². The Balaban J connectivity index is 1.59. The normalized spacial score (nSPS) is 16.5. The molecule has 0 bridgehead atoms. The second kappa shape index (κ2) is 10.3. The highest BCUT2D eigenvalue weighted by molar-refractivity contribution is 5.79. The van der Waals surface area contributed by atoms with Crippen LogP contribution in [0.1, 0.15) is 37.0 Å². The highest BCUT2D eigenvalue weighted by atomic mass is 19.1. The molecule has 2 amide bonds. The molecule has 1 aliphatic rings. The molecule has 2 heterocycles. The van der Waals surface area contributed by atoms with Gasteiger partial charge in [0.25, 0.3) is 5.89 Å². The molecule has 8 nitrogen and oxygen atoms in total. The fraction of sp³-hybridized carbons (Fsp3) is 0.524. The van der Waals surface area contributed by atoms with Gasteiger partial charge in [-0.1, -0.05) is 23.4 Å². The number of ether oxygens (including phenoxy) is 1. The topological polar surface area (TPSA) is 88.8 Å². The summed E-state index contributed by atoms with van der Waals surface area (Å²) in [6.07, 6.45) is 2.07. The summed E-state index contributed by atoms with van der Waals surface area (Å²) in [5, 5.41) is 3.91. The number of methoxy groups -OCH3 is 1. The van der Waals surface area contributed by atoms with Gasteiger partial charge in [0, 0.05) is 46.1 Å². The largest absolute Gasteiger partial charge is 0.375 e. The second-order valence-electron chi connectivity index (χ2n) is 7.40. The number of piperidine rings is 1. The summed E-state index contributed by atoms with van der Waals surface area (Å²) < 4.78 is 23.9. The van der Waals surface area contributed by atoms with E-state index in [4.69, 9.17) is 9.26 Å². The first-order chi connectivity index (χ1) is 14.5. The lowest BCUT2D eigenvalue weighted by atomic mass is 10.0. The minimum atomic E-state index is -0.377. The van der Waals surface area contributed by atoms with Crippen LogP contribution in [0.2, 0.25) is 0 Å². The standard InChI is InChI=1S/C21H27FN4O4/c1-15(27)26(11-9-19-23-20(14-29-2)30-24-19)17-7-5-10-25(13-17)21(28)12-16-6-3-4-8-18(16)22/h3-4,6,8,17H,5,7,9-14H2,1-2H3. The Morgan fingerprint density at radius 1 is 1.37 bits per heavy atom. The van der Waals surface area contributed by atoms with E-state index in [2.05, 4.69) is 10.1 Å². The van der Waals surface area contributed by atoms with Crippen molar-refractivity contribution in [1.29, 1.82) is 0 Å². The zero-order chi connectivity index (χ0) is 21.5. The molecule has 1 fully saturated rings. The average Bonchev–Trinajstić information content (AvgIpc) is 3.17. The first-order valence-electron chi connectivity index (χ1n) is 10.1. The molecule has 1 saturated heterocycles. The van der Waals surface area contributed by atoms with E-state index < -0.39 is 0 Å². The van der Waals surface area contributed by atoms with Gasteiger partial charge in [-0.25, -0.2) is 4.39 Å². The van der Waals surface area contributed by atoms with E-state index in [1.54, 1.807) is 35.1 Å². The minimum absolute atomic E-state index is 0.0185. The number of rotatable bonds is 8. The predicted molar refractivity (Wildman–Crippen MR) is 106 cm³/mol. The number of amides is 2. The highest BCUT2D eigenvalue weighted by Crippen LogP contribution is 2.19. The molecule has 1 unspecified atom stereocenters. The number of benzene rings is 1. The molecular formula is C21H27FN4O4. The van der Waals surface area contributed by atoms with Gasteiger partial charge in [0.05, 0.1) is 6.42 Å². The van der Waals surface area contributed by atoms with Gasteiger partial charge in [-0.05, 0) is 24.5 Å². The van der Waals surface area contributed by atoms with Crippen LogP contribution < -0.4 is 0 Å². The molecular weight excluding hydrogens is 391 g/mol. The quantitative estimate of drug-likeness (QED) is 0.651. The monoisotopic (exact) mass is 418 g/mol. The molecule has 1 atom stereocenters. The van der Waals surface area contributed by atoms with Crippen molar-refractivity contribution >= 4 is 11.8 Å². The van der Waals surface area contributed by atoms with Crippen molar-refractivity contribution in [1.82, 2.24) is 19.9 Å². The zero-order valence-electron chi connectivity index (χ0n) is 17.3. The van der Waals surface area contributed by atoms with Crippen LogP contribution >= 0.6 is 0 Å². The molecule has 3 rings (SSSR count). The number of nitrogens with zero attached hydrogens (tertiary/aromatic N) is 4. The third kappa shape index (κ3) is 5.63. The summed E-state index contributed by atoms with van der Waals surface area (Å²) in [6.45, 7) is 3.24. The van der Waals surface area contributed by atoms with Crippen LogP contribution in [0, 0.1) is 5.82 Å². The van der Waals surface area contributed by atoms with Crippen molar-refractivity contribution in [2.45, 2.75) is 45.3 Å². The van der Waals surface area contributed by atoms with Crippen molar-refractivity contribution in [3.63, 3.8) is 0 Å². The van der Waals surface area contributed by atoms with Gasteiger partial charge < -0.3 is 19.1 Å². The molecule has 0 aliphatic carbocycles. The molecule has 1 aliphatic heterocycles. The van der Waals surface area contributed by atoms with Crippen LogP contribution in [0.15, 0.2) is 28.8 Å². The Morgan fingerprint density at radius 3 is 2.90 bits per heavy atom. The number of halogens is 1. The number of carbonyl (C=O) groups excluding carboxylic acids is 2. The smallest absolute Gasteiger partial charge is 0.252 e. The lowest BCUT2D eigenvalue weighted by Gasteiger charge is -2.39. The lowest BCUT2D eigenvalue weighted by molar-refractivity contribution is -0.138. The third-order valence-corrected chi connectivity index (χ3v) is 5.25. The van der Waals surface area contributed by atoms with Gasteiger partial charge in [-0.2, -0.15) is 4.98 Å². The fourth-order valence-corrected chi connectivity index (χ4v) is 3.74. The fourth-order valence-electron chi connectivity index (χ4n) is 3.74. The molecule has 0 radical (unpaired) electrons. The predicted octanol–water partition coefficient (Wildman–Crippen LogP) is 1.98. The lowest BCUT2D eigenvalue weighted by Crippen LogP contribution is -2.52. The van der Waals surface area contributed by atoms with Crippen molar-refractivity contribution in [3.8, 4) is 0 Å². The van der Waals surface area contributed by atoms with E-state index in [1.807, 2.05) is 0 Å². The summed E-state index contributed by atoms with van der Waals surface area (Å²) in [5.74, 6) is 0.332. The van der Waals surface area contributed by atoms with Gasteiger partial charge in [0.2, 0.25) is 11.8 Å². The van der Waals surface area contributed by atoms with Crippen LogP contribution in [0.3, 0.4) is 0 Å². The van der Waals surface area contributed by atoms with Gasteiger partial charge >= 0.3 is 0 Å². The van der Waals surface area contributed by atoms with Gasteiger partial charge in [0.15, 0.2) is 5.82 Å². The van der Waals surface area contributed by atoms with Crippen LogP contribution in [-0.4, -0.2) is 64.5 Å². The molecule has 1 aromatic carbocycles. The highest BCUT2D eigenvalue weighted by Gasteiger charge is 2.29. The molecule has 9 heteroatoms. The Kier molecular flexibility index (Phi) is 7.51. The van der Waals surface area contributed by atoms with Crippen LogP contribution in [-0.2, 0) is 33.8 Å². The molecule has 0 N–H and O–H groups in total. The van der Waals surface area contributed by atoms with E-state index in [1.165, 1.54) is 13.0 Å². The number of hydrogen-bond acceptors (Lipinski definition) is 6. The van der Waals surface area contributed by atoms with E-state index in [0.29, 0.717) is 43.3 Å². The Morgan fingerprint density at radius 2 is 2.17 bits per heavy atom. The average molecular weight is 418 g/mol. The van der Waals surface area contributed by atoms with E-state index in [-0.39, 0.29) is 36.7 Å². The summed E-state index contributed by atoms with van der Waals surface area (Å²) in [5.41, 5.74) is 0.386. The van der Waals surface area contributed by atoms with Gasteiger partial charge in [-0.3, -0.25) is 9.59 Å². The summed E-state index contributed by atoms with van der Waals surface area (Å²) in [4.78, 5) is 32.7. The van der Waals surface area contributed by atoms with E-state index in [9.17, 15) is 14.0 Å². The van der Waals surface area contributed by atoms with Crippen molar-refractivity contribution < 1.29 is 23.2 Å². The summed E-state index contributed by atoms with van der Waals surface area (Å²) in [6, 6.07) is 6.21. The molecule has 0 spiro atoms. The van der Waals surface area contributed by atoms with E-state index >= 15 is 0 Å². The summed E-state index contributed by atoms with van der Waals surface area (Å²) in [7, 11) is 1.55. The Hall–Kier alpha value is -2.81. The maximum Gasteiger partial charge on any atom is 0.252 e. The molecule has 162 valence electrons. The second-order valence-corrected chi connectivity index (χ2v) is 7.40. The van der Waals surface area contributed by atoms with Crippen LogP contribution in [0.25, 0.3) is 0 Å². The number of likely N-dealkylation sites (tertiary alicyclic amines) is 1. The molecule has 2 aromatic rings. The van der Waals surface area contributed by atoms with Crippen molar-refractivity contribution in [2.75, 3.05) is 26.7 Å². The molecule has 1 aromatic heterocycles.